The summed E-state index contributed by atoms with van der Waals surface area (Å²) in [4.78, 5) is 25.8. The predicted octanol–water partition coefficient (Wildman–Crippen LogP) is 2.79. The van der Waals surface area contributed by atoms with Crippen LogP contribution in [0.15, 0.2) is 24.3 Å². The summed E-state index contributed by atoms with van der Waals surface area (Å²) in [5.41, 5.74) is 7.63. The van der Waals surface area contributed by atoms with Crippen LogP contribution in [-0.4, -0.2) is 24.4 Å². The maximum atomic E-state index is 12.2. The summed E-state index contributed by atoms with van der Waals surface area (Å²) in [7, 11) is 0. The third kappa shape index (κ3) is 4.71. The molecule has 0 radical (unpaired) electrons. The smallest absolute Gasteiger partial charge is 0.237 e. The molecule has 1 aliphatic rings. The lowest BCUT2D eigenvalue weighted by atomic mass is 9.86. The molecule has 1 aliphatic heterocycles. The van der Waals surface area contributed by atoms with Crippen LogP contribution in [0.1, 0.15) is 52.1 Å². The standard InChI is InChI=1S/C18H27N3O2.ClH/c1-12(20-17(23)16(19)18(2,3)4)13-7-9-14(10-8-13)21-11-5-6-15(21)22;/h7-10,12,16H,5-6,11,19H2,1-4H3,(H,20,23);1H/t12?,16-;/m1./s1. The summed E-state index contributed by atoms with van der Waals surface area (Å²) < 4.78 is 0. The van der Waals surface area contributed by atoms with E-state index in [1.807, 2.05) is 56.9 Å². The molecule has 3 N–H and O–H groups in total. The SMILES string of the molecule is CC(NC(=O)[C@@H](N)C(C)(C)C)c1ccc(N2CCCC2=O)cc1.Cl. The zero-order valence-electron chi connectivity index (χ0n) is 14.8. The number of hydrogen-bond donors (Lipinski definition) is 2. The van der Waals surface area contributed by atoms with Crippen LogP contribution in [-0.2, 0) is 9.59 Å². The summed E-state index contributed by atoms with van der Waals surface area (Å²) in [6.07, 6.45) is 1.54. The van der Waals surface area contributed by atoms with Crippen molar-refractivity contribution in [1.29, 1.82) is 0 Å². The van der Waals surface area contributed by atoms with Crippen LogP contribution in [0.4, 0.5) is 5.69 Å². The maximum Gasteiger partial charge on any atom is 0.237 e. The fraction of sp³-hybridized carbons (Fsp3) is 0.556. The maximum absolute atomic E-state index is 12.2. The number of carbonyl (C=O) groups is 2. The molecule has 1 heterocycles. The lowest BCUT2D eigenvalue weighted by Gasteiger charge is -2.27. The Morgan fingerprint density at radius 2 is 1.83 bits per heavy atom. The molecule has 2 amide bonds. The summed E-state index contributed by atoms with van der Waals surface area (Å²) in [5.74, 6) is 0.0269. The van der Waals surface area contributed by atoms with Crippen molar-refractivity contribution in [3.05, 3.63) is 29.8 Å². The molecule has 1 unspecified atom stereocenters. The van der Waals surface area contributed by atoms with E-state index in [9.17, 15) is 9.59 Å². The Bertz CT molecular complexity index is 581. The van der Waals surface area contributed by atoms with Crippen molar-refractivity contribution in [1.82, 2.24) is 5.32 Å². The number of amides is 2. The highest BCUT2D eigenvalue weighted by Gasteiger charge is 2.28. The molecule has 0 spiro atoms. The van der Waals surface area contributed by atoms with Crippen molar-refractivity contribution < 1.29 is 9.59 Å². The van der Waals surface area contributed by atoms with Gasteiger partial charge in [-0.2, -0.15) is 0 Å². The molecule has 0 aliphatic carbocycles. The lowest BCUT2D eigenvalue weighted by Crippen LogP contribution is -2.49. The first-order valence-corrected chi connectivity index (χ1v) is 8.16. The van der Waals surface area contributed by atoms with Crippen LogP contribution < -0.4 is 16.0 Å². The Morgan fingerprint density at radius 3 is 2.29 bits per heavy atom. The Hall–Kier alpha value is -1.59. The second kappa shape index (κ2) is 7.99. The second-order valence-electron chi connectivity index (χ2n) is 7.31. The normalized spacial score (nSPS) is 17.2. The number of nitrogens with one attached hydrogen (secondary N) is 1. The minimum atomic E-state index is -0.550. The number of carbonyl (C=O) groups excluding carboxylic acids is 2. The van der Waals surface area contributed by atoms with Crippen LogP contribution in [0.25, 0.3) is 0 Å². The van der Waals surface area contributed by atoms with Gasteiger partial charge in [0.15, 0.2) is 0 Å². The van der Waals surface area contributed by atoms with E-state index in [0.29, 0.717) is 6.42 Å². The van der Waals surface area contributed by atoms with Gasteiger partial charge in [-0.3, -0.25) is 9.59 Å². The van der Waals surface area contributed by atoms with E-state index in [2.05, 4.69) is 5.32 Å². The largest absolute Gasteiger partial charge is 0.348 e. The van der Waals surface area contributed by atoms with Gasteiger partial charge in [0, 0.05) is 18.7 Å². The van der Waals surface area contributed by atoms with E-state index in [-0.39, 0.29) is 35.7 Å². The fourth-order valence-electron chi connectivity index (χ4n) is 2.64. The Labute approximate surface area is 150 Å². The van der Waals surface area contributed by atoms with Gasteiger partial charge >= 0.3 is 0 Å². The van der Waals surface area contributed by atoms with Crippen molar-refractivity contribution in [2.45, 2.75) is 52.6 Å². The molecular formula is C18H28ClN3O2. The zero-order chi connectivity index (χ0) is 17.2. The highest BCUT2D eigenvalue weighted by atomic mass is 35.5. The van der Waals surface area contributed by atoms with E-state index < -0.39 is 6.04 Å². The van der Waals surface area contributed by atoms with Gasteiger partial charge in [0.2, 0.25) is 11.8 Å². The van der Waals surface area contributed by atoms with Gasteiger partial charge in [-0.05, 0) is 36.5 Å². The van der Waals surface area contributed by atoms with E-state index in [4.69, 9.17) is 5.73 Å². The van der Waals surface area contributed by atoms with E-state index in [0.717, 1.165) is 24.2 Å². The first-order valence-electron chi connectivity index (χ1n) is 8.16. The average molecular weight is 354 g/mol. The van der Waals surface area contributed by atoms with Crippen molar-refractivity contribution in [2.75, 3.05) is 11.4 Å². The summed E-state index contributed by atoms with van der Waals surface area (Å²) >= 11 is 0. The summed E-state index contributed by atoms with van der Waals surface area (Å²) in [5, 5.41) is 2.96. The molecule has 5 nitrogen and oxygen atoms in total. The van der Waals surface area contributed by atoms with Crippen molar-refractivity contribution in [3.8, 4) is 0 Å². The number of halogens is 1. The summed E-state index contributed by atoms with van der Waals surface area (Å²) in [6.45, 7) is 8.56. The summed E-state index contributed by atoms with van der Waals surface area (Å²) in [6, 6.07) is 7.10. The number of anilines is 1. The zero-order valence-corrected chi connectivity index (χ0v) is 15.7. The minimum Gasteiger partial charge on any atom is -0.348 e. The predicted molar refractivity (Wildman–Crippen MR) is 99.3 cm³/mol. The quantitative estimate of drug-likeness (QED) is 0.873. The molecule has 1 fully saturated rings. The highest BCUT2D eigenvalue weighted by molar-refractivity contribution is 5.95. The molecule has 24 heavy (non-hydrogen) atoms. The van der Waals surface area contributed by atoms with Crippen LogP contribution in [0.5, 0.6) is 0 Å². The number of benzene rings is 1. The van der Waals surface area contributed by atoms with Crippen molar-refractivity contribution >= 4 is 29.9 Å². The molecular weight excluding hydrogens is 326 g/mol. The first kappa shape index (κ1) is 20.5. The number of nitrogens with zero attached hydrogens (tertiary/aromatic N) is 1. The lowest BCUT2D eigenvalue weighted by molar-refractivity contribution is -0.125. The topological polar surface area (TPSA) is 75.4 Å². The number of nitrogens with two attached hydrogens (primary N) is 1. The van der Waals surface area contributed by atoms with Gasteiger partial charge in [-0.25, -0.2) is 0 Å². The highest BCUT2D eigenvalue weighted by Crippen LogP contribution is 2.24. The van der Waals surface area contributed by atoms with Crippen LogP contribution >= 0.6 is 12.4 Å². The van der Waals surface area contributed by atoms with Crippen molar-refractivity contribution in [2.24, 2.45) is 11.1 Å². The Kier molecular flexibility index (Phi) is 6.81. The molecule has 134 valence electrons. The van der Waals surface area contributed by atoms with E-state index in [1.165, 1.54) is 0 Å². The number of rotatable bonds is 4. The van der Waals surface area contributed by atoms with Crippen LogP contribution in [0.3, 0.4) is 0 Å². The van der Waals surface area contributed by atoms with Crippen molar-refractivity contribution in [3.63, 3.8) is 0 Å². The molecule has 0 bridgehead atoms. The van der Waals surface area contributed by atoms with Crippen LogP contribution in [0.2, 0.25) is 0 Å². The van der Waals surface area contributed by atoms with E-state index >= 15 is 0 Å². The molecule has 1 aromatic rings. The molecule has 0 saturated carbocycles. The second-order valence-corrected chi connectivity index (χ2v) is 7.31. The molecule has 2 rings (SSSR count). The third-order valence-electron chi connectivity index (χ3n) is 4.35. The third-order valence-corrected chi connectivity index (χ3v) is 4.35. The minimum absolute atomic E-state index is 0. The Balaban J connectivity index is 0.00000288. The fourth-order valence-corrected chi connectivity index (χ4v) is 2.64. The van der Waals surface area contributed by atoms with Gasteiger partial charge in [-0.15, -0.1) is 12.4 Å². The average Bonchev–Trinajstić information content (AvgIpc) is 2.91. The van der Waals surface area contributed by atoms with Gasteiger partial charge in [0.05, 0.1) is 12.1 Å². The Morgan fingerprint density at radius 1 is 1.25 bits per heavy atom. The van der Waals surface area contributed by atoms with Gasteiger partial charge < -0.3 is 16.0 Å². The van der Waals surface area contributed by atoms with E-state index in [1.54, 1.807) is 0 Å². The molecule has 0 aromatic heterocycles. The van der Waals surface area contributed by atoms with Gasteiger partial charge in [0.1, 0.15) is 0 Å². The monoisotopic (exact) mass is 353 g/mol. The van der Waals surface area contributed by atoms with Gasteiger partial charge in [0.25, 0.3) is 0 Å². The molecule has 2 atom stereocenters. The number of hydrogen-bond acceptors (Lipinski definition) is 3. The molecule has 1 saturated heterocycles. The van der Waals surface area contributed by atoms with Gasteiger partial charge in [-0.1, -0.05) is 32.9 Å². The molecule has 1 aromatic carbocycles. The van der Waals surface area contributed by atoms with Crippen LogP contribution in [0, 0.1) is 5.41 Å². The first-order chi connectivity index (χ1) is 10.7. The molecule has 6 heteroatoms.